The normalized spacial score (nSPS) is 11.2. The molecule has 0 aliphatic heterocycles. The van der Waals surface area contributed by atoms with Crippen molar-refractivity contribution in [3.05, 3.63) is 129 Å². The summed E-state index contributed by atoms with van der Waals surface area (Å²) in [4.78, 5) is 14.7. The zero-order chi connectivity index (χ0) is 26.6. The number of hydrogen-bond donors (Lipinski definition) is 0. The fourth-order valence-corrected chi connectivity index (χ4v) is 4.91. The summed E-state index contributed by atoms with van der Waals surface area (Å²) in [6.07, 6.45) is 0. The summed E-state index contributed by atoms with van der Waals surface area (Å²) in [6.45, 7) is 0.301. The van der Waals surface area contributed by atoms with Gasteiger partial charge in [0.2, 0.25) is 0 Å². The van der Waals surface area contributed by atoms with Crippen LogP contribution in [-0.4, -0.2) is 19.2 Å². The molecule has 5 nitrogen and oxygen atoms in total. The van der Waals surface area contributed by atoms with E-state index in [2.05, 4.69) is 0 Å². The molecular weight excluding hydrogens is 543 g/mol. The number of hydrogen-bond acceptors (Lipinski definition) is 4. The van der Waals surface area contributed by atoms with E-state index < -0.39 is 21.8 Å². The van der Waals surface area contributed by atoms with Crippen molar-refractivity contribution >= 4 is 39.2 Å². The summed E-state index contributed by atoms with van der Waals surface area (Å²) in [5.41, 5.74) is 1.62. The molecule has 0 heterocycles. The van der Waals surface area contributed by atoms with E-state index in [4.69, 9.17) is 27.4 Å². The Bertz CT molecular complexity index is 1510. The fraction of sp³-hybridized carbons (Fsp3) is 0.0741. The lowest BCUT2D eigenvalue weighted by atomic mass is 10.1. The largest absolute Gasteiger partial charge is 0.379 e. The number of amides is 1. The third-order valence-electron chi connectivity index (χ3n) is 5.34. The Hall–Kier alpha value is -3.46. The smallest absolute Gasteiger partial charge is 0.339 e. The molecule has 0 spiro atoms. The molecule has 0 saturated carbocycles. The van der Waals surface area contributed by atoms with E-state index in [9.17, 15) is 22.0 Å². The van der Waals surface area contributed by atoms with E-state index in [-0.39, 0.29) is 40.2 Å². The maximum Gasteiger partial charge on any atom is 0.339 e. The molecule has 190 valence electrons. The van der Waals surface area contributed by atoms with Crippen LogP contribution in [0.1, 0.15) is 21.5 Å². The van der Waals surface area contributed by atoms with Crippen LogP contribution in [0.15, 0.2) is 95.9 Å². The summed E-state index contributed by atoms with van der Waals surface area (Å²) in [6, 6.07) is 20.7. The van der Waals surface area contributed by atoms with Gasteiger partial charge in [-0.15, -0.1) is 0 Å². The number of halogens is 4. The average molecular weight is 562 g/mol. The number of nitrogens with zero attached hydrogens (tertiary/aromatic N) is 1. The summed E-state index contributed by atoms with van der Waals surface area (Å²) in [7, 11) is -4.16. The summed E-state index contributed by atoms with van der Waals surface area (Å²) < 4.78 is 56.6. The molecule has 0 unspecified atom stereocenters. The first-order valence-electron chi connectivity index (χ1n) is 10.9. The van der Waals surface area contributed by atoms with Gasteiger partial charge < -0.3 is 9.08 Å². The lowest BCUT2D eigenvalue weighted by molar-refractivity contribution is 0.0730. The van der Waals surface area contributed by atoms with Crippen molar-refractivity contribution in [3.63, 3.8) is 0 Å². The molecule has 0 saturated heterocycles. The van der Waals surface area contributed by atoms with Crippen molar-refractivity contribution < 1.29 is 26.2 Å². The SMILES string of the molecule is O=C(c1ccc(Cl)cc1Cl)N(Cc1ccc(F)cc1)Cc1ccc(OS(=O)(=O)c2ccc(F)cc2)cc1. The molecule has 4 aromatic carbocycles. The maximum absolute atomic E-state index is 13.4. The third-order valence-corrected chi connectivity index (χ3v) is 7.15. The van der Waals surface area contributed by atoms with Crippen LogP contribution >= 0.6 is 23.2 Å². The molecule has 0 N–H and O–H groups in total. The molecule has 0 bridgehead atoms. The molecule has 0 aliphatic rings. The third kappa shape index (κ3) is 6.85. The molecule has 0 fully saturated rings. The van der Waals surface area contributed by atoms with Gasteiger partial charge in [-0.3, -0.25) is 4.79 Å². The van der Waals surface area contributed by atoms with Crippen molar-refractivity contribution in [1.29, 1.82) is 0 Å². The number of rotatable bonds is 8. The second-order valence-electron chi connectivity index (χ2n) is 8.05. The average Bonchev–Trinajstić information content (AvgIpc) is 2.86. The summed E-state index contributed by atoms with van der Waals surface area (Å²) >= 11 is 12.2. The Balaban J connectivity index is 1.55. The minimum atomic E-state index is -4.16. The Kier molecular flexibility index (Phi) is 8.12. The molecule has 0 aliphatic carbocycles. The van der Waals surface area contributed by atoms with E-state index in [1.165, 1.54) is 41.3 Å². The summed E-state index contributed by atoms with van der Waals surface area (Å²) in [5, 5.41) is 0.578. The predicted octanol–water partition coefficient (Wildman–Crippen LogP) is 6.88. The molecular formula is C27H19Cl2F2NO4S. The van der Waals surface area contributed by atoms with Gasteiger partial charge in [0.1, 0.15) is 22.3 Å². The lowest BCUT2D eigenvalue weighted by Gasteiger charge is -2.24. The van der Waals surface area contributed by atoms with Crippen molar-refractivity contribution in [1.82, 2.24) is 4.90 Å². The minimum absolute atomic E-state index is 0.0465. The number of benzene rings is 4. The van der Waals surface area contributed by atoms with Gasteiger partial charge in [-0.25, -0.2) is 8.78 Å². The van der Waals surface area contributed by atoms with Gasteiger partial charge in [-0.05, 0) is 77.9 Å². The predicted molar refractivity (Wildman–Crippen MR) is 137 cm³/mol. The standard InChI is InChI=1S/C27H19Cl2F2NO4S/c28-20-5-14-25(26(29)15-20)27(33)32(16-18-1-6-21(30)7-2-18)17-19-3-10-23(11-4-19)36-37(34,35)24-12-8-22(31)9-13-24/h1-15H,16-17H2. The highest BCUT2D eigenvalue weighted by molar-refractivity contribution is 7.87. The molecule has 10 heteroatoms. The van der Waals surface area contributed by atoms with Crippen molar-refractivity contribution in [2.24, 2.45) is 0 Å². The van der Waals surface area contributed by atoms with Gasteiger partial charge >= 0.3 is 10.1 Å². The first-order valence-corrected chi connectivity index (χ1v) is 13.0. The molecule has 1 amide bonds. The van der Waals surface area contributed by atoms with Gasteiger partial charge in [0.25, 0.3) is 5.91 Å². The van der Waals surface area contributed by atoms with E-state index in [1.807, 2.05) is 0 Å². The number of carbonyl (C=O) groups excluding carboxylic acids is 1. The van der Waals surface area contributed by atoms with Crippen LogP contribution in [0, 0.1) is 11.6 Å². The highest BCUT2D eigenvalue weighted by Gasteiger charge is 2.21. The van der Waals surface area contributed by atoms with Gasteiger partial charge in [-0.1, -0.05) is 47.5 Å². The van der Waals surface area contributed by atoms with Crippen molar-refractivity contribution in [3.8, 4) is 5.75 Å². The minimum Gasteiger partial charge on any atom is -0.379 e. The van der Waals surface area contributed by atoms with Crippen LogP contribution in [0.4, 0.5) is 8.78 Å². The monoisotopic (exact) mass is 561 g/mol. The highest BCUT2D eigenvalue weighted by Crippen LogP contribution is 2.25. The molecule has 37 heavy (non-hydrogen) atoms. The second-order valence-corrected chi connectivity index (χ2v) is 10.4. The second kappa shape index (κ2) is 11.3. The van der Waals surface area contributed by atoms with E-state index >= 15 is 0 Å². The zero-order valence-electron chi connectivity index (χ0n) is 19.1. The molecule has 0 atom stereocenters. The Morgan fingerprint density at radius 2 is 1.27 bits per heavy atom. The first kappa shape index (κ1) is 26.6. The fourth-order valence-electron chi connectivity index (χ4n) is 3.49. The topological polar surface area (TPSA) is 63.7 Å². The number of carbonyl (C=O) groups is 1. The van der Waals surface area contributed by atoms with Crippen LogP contribution in [0.25, 0.3) is 0 Å². The van der Waals surface area contributed by atoms with Crippen LogP contribution in [0.2, 0.25) is 10.0 Å². The molecule has 4 rings (SSSR count). The van der Waals surface area contributed by atoms with Crippen LogP contribution in [-0.2, 0) is 23.2 Å². The lowest BCUT2D eigenvalue weighted by Crippen LogP contribution is -2.30. The van der Waals surface area contributed by atoms with Gasteiger partial charge in [-0.2, -0.15) is 8.42 Å². The van der Waals surface area contributed by atoms with Gasteiger partial charge in [0.15, 0.2) is 0 Å². The highest BCUT2D eigenvalue weighted by atomic mass is 35.5. The van der Waals surface area contributed by atoms with E-state index in [0.717, 1.165) is 24.3 Å². The molecule has 0 radical (unpaired) electrons. The maximum atomic E-state index is 13.4. The Morgan fingerprint density at radius 1 is 0.757 bits per heavy atom. The summed E-state index contributed by atoms with van der Waals surface area (Å²) in [5.74, 6) is -1.29. The Morgan fingerprint density at radius 3 is 1.81 bits per heavy atom. The van der Waals surface area contributed by atoms with Crippen LogP contribution < -0.4 is 4.18 Å². The zero-order valence-corrected chi connectivity index (χ0v) is 21.4. The molecule has 0 aromatic heterocycles. The first-order chi connectivity index (χ1) is 17.6. The van der Waals surface area contributed by atoms with Crippen LogP contribution in [0.3, 0.4) is 0 Å². The Labute approximate surface area is 223 Å². The van der Waals surface area contributed by atoms with E-state index in [0.29, 0.717) is 16.1 Å². The van der Waals surface area contributed by atoms with Crippen molar-refractivity contribution in [2.45, 2.75) is 18.0 Å². The quantitative estimate of drug-likeness (QED) is 0.220. The van der Waals surface area contributed by atoms with Crippen molar-refractivity contribution in [2.75, 3.05) is 0 Å². The van der Waals surface area contributed by atoms with E-state index in [1.54, 1.807) is 30.3 Å². The molecule has 4 aromatic rings. The van der Waals surface area contributed by atoms with Gasteiger partial charge in [0, 0.05) is 18.1 Å². The van der Waals surface area contributed by atoms with Gasteiger partial charge in [0.05, 0.1) is 10.6 Å². The van der Waals surface area contributed by atoms with Crippen LogP contribution in [0.5, 0.6) is 5.75 Å².